The molecule has 0 N–H and O–H groups in total. The molecule has 2 aromatic heterocycles. The lowest BCUT2D eigenvalue weighted by molar-refractivity contribution is 0.111. The number of rotatable bonds is 4. The number of nitrogens with zero attached hydrogens (tertiary/aromatic N) is 5. The fraction of sp³-hybridized carbons (Fsp3) is 0.316. The van der Waals surface area contributed by atoms with E-state index < -0.39 is 0 Å². The van der Waals surface area contributed by atoms with Gasteiger partial charge in [0.15, 0.2) is 11.9 Å². The molecule has 0 bridgehead atoms. The molecule has 4 rings (SSSR count). The SMILES string of the molecule is CCN1CCN(c2cccc(-c3cnc4ccc(C=O)nn34)c2)CC1. The number of likely N-dealkylation sites (N-methyl/N-ethyl adjacent to an activating group) is 1. The lowest BCUT2D eigenvalue weighted by Crippen LogP contribution is -2.46. The second-order valence-electron chi connectivity index (χ2n) is 6.26. The van der Waals surface area contributed by atoms with Gasteiger partial charge in [-0.2, -0.15) is 5.10 Å². The average Bonchev–Trinajstić information content (AvgIpc) is 3.11. The molecule has 0 unspecified atom stereocenters. The van der Waals surface area contributed by atoms with Gasteiger partial charge in [-0.25, -0.2) is 9.50 Å². The van der Waals surface area contributed by atoms with Crippen molar-refractivity contribution in [2.75, 3.05) is 37.6 Å². The first-order valence-corrected chi connectivity index (χ1v) is 8.66. The quantitative estimate of drug-likeness (QED) is 0.685. The zero-order valence-electron chi connectivity index (χ0n) is 14.3. The van der Waals surface area contributed by atoms with Gasteiger partial charge in [0.2, 0.25) is 0 Å². The summed E-state index contributed by atoms with van der Waals surface area (Å²) in [5, 5.41) is 4.36. The van der Waals surface area contributed by atoms with Gasteiger partial charge in [0, 0.05) is 37.4 Å². The van der Waals surface area contributed by atoms with Gasteiger partial charge in [0.05, 0.1) is 11.9 Å². The van der Waals surface area contributed by atoms with E-state index in [1.807, 2.05) is 12.3 Å². The molecule has 25 heavy (non-hydrogen) atoms. The minimum absolute atomic E-state index is 0.401. The number of hydrogen-bond donors (Lipinski definition) is 0. The molecule has 0 aliphatic carbocycles. The van der Waals surface area contributed by atoms with Gasteiger partial charge in [-0.05, 0) is 30.8 Å². The van der Waals surface area contributed by atoms with Crippen LogP contribution in [0.25, 0.3) is 16.9 Å². The first kappa shape index (κ1) is 15.8. The Morgan fingerprint density at radius 2 is 1.96 bits per heavy atom. The number of aldehydes is 1. The van der Waals surface area contributed by atoms with Crippen LogP contribution < -0.4 is 4.90 Å². The molecule has 0 spiro atoms. The Morgan fingerprint density at radius 1 is 1.12 bits per heavy atom. The Hall–Kier alpha value is -2.73. The molecule has 1 saturated heterocycles. The lowest BCUT2D eigenvalue weighted by Gasteiger charge is -2.35. The van der Waals surface area contributed by atoms with Crippen LogP contribution in [0, 0.1) is 0 Å². The molecule has 0 radical (unpaired) electrons. The Morgan fingerprint density at radius 3 is 2.72 bits per heavy atom. The Balaban J connectivity index is 1.67. The number of aromatic nitrogens is 3. The summed E-state index contributed by atoms with van der Waals surface area (Å²) in [6.07, 6.45) is 2.57. The number of hydrogen-bond acceptors (Lipinski definition) is 5. The number of anilines is 1. The molecule has 6 heteroatoms. The topological polar surface area (TPSA) is 53.7 Å². The average molecular weight is 335 g/mol. The van der Waals surface area contributed by atoms with E-state index >= 15 is 0 Å². The maximum Gasteiger partial charge on any atom is 0.170 e. The first-order valence-electron chi connectivity index (χ1n) is 8.66. The molecule has 3 heterocycles. The highest BCUT2D eigenvalue weighted by atomic mass is 16.1. The molecule has 0 amide bonds. The molecule has 1 aromatic carbocycles. The molecule has 128 valence electrons. The Kier molecular flexibility index (Phi) is 4.19. The summed E-state index contributed by atoms with van der Waals surface area (Å²) in [7, 11) is 0. The van der Waals surface area contributed by atoms with E-state index in [1.54, 1.807) is 10.6 Å². The van der Waals surface area contributed by atoms with Crippen molar-refractivity contribution >= 4 is 17.6 Å². The molecule has 3 aromatic rings. The smallest absolute Gasteiger partial charge is 0.170 e. The Bertz CT molecular complexity index is 896. The normalized spacial score (nSPS) is 15.6. The highest BCUT2D eigenvalue weighted by Crippen LogP contribution is 2.26. The number of benzene rings is 1. The maximum atomic E-state index is 11.0. The molecule has 1 fully saturated rings. The van der Waals surface area contributed by atoms with Crippen molar-refractivity contribution in [2.24, 2.45) is 0 Å². The van der Waals surface area contributed by atoms with Gasteiger partial charge in [-0.3, -0.25) is 4.79 Å². The standard InChI is InChI=1S/C19H21N5O/c1-2-22-8-10-23(11-9-22)17-5-3-4-15(12-17)18-13-20-19-7-6-16(14-25)21-24(18)19/h3-7,12-14H,2,8-11H2,1H3. The van der Waals surface area contributed by atoms with Crippen LogP contribution in [0.3, 0.4) is 0 Å². The molecular formula is C19H21N5O. The third-order valence-electron chi connectivity index (χ3n) is 4.83. The van der Waals surface area contributed by atoms with Crippen LogP contribution in [0.4, 0.5) is 5.69 Å². The van der Waals surface area contributed by atoms with Gasteiger partial charge >= 0.3 is 0 Å². The second-order valence-corrected chi connectivity index (χ2v) is 6.26. The molecule has 1 aliphatic rings. The number of piperazine rings is 1. The first-order chi connectivity index (χ1) is 12.3. The maximum absolute atomic E-state index is 11.0. The largest absolute Gasteiger partial charge is 0.369 e. The van der Waals surface area contributed by atoms with Crippen LogP contribution in [0.1, 0.15) is 17.4 Å². The van der Waals surface area contributed by atoms with E-state index in [4.69, 9.17) is 0 Å². The summed E-state index contributed by atoms with van der Waals surface area (Å²) in [5.74, 6) is 0. The number of imidazole rings is 1. The number of fused-ring (bicyclic) bond motifs is 1. The minimum Gasteiger partial charge on any atom is -0.369 e. The van der Waals surface area contributed by atoms with E-state index in [0.717, 1.165) is 55.9 Å². The lowest BCUT2D eigenvalue weighted by atomic mass is 10.1. The zero-order valence-corrected chi connectivity index (χ0v) is 14.3. The highest BCUT2D eigenvalue weighted by molar-refractivity contribution is 5.73. The van der Waals surface area contributed by atoms with Gasteiger partial charge in [-0.15, -0.1) is 0 Å². The monoisotopic (exact) mass is 335 g/mol. The molecule has 0 atom stereocenters. The second kappa shape index (κ2) is 6.64. The Labute approximate surface area is 146 Å². The molecule has 6 nitrogen and oxygen atoms in total. The summed E-state index contributed by atoms with van der Waals surface area (Å²) in [6.45, 7) is 7.60. The molecule has 0 saturated carbocycles. The van der Waals surface area contributed by atoms with Crippen LogP contribution in [-0.4, -0.2) is 58.5 Å². The predicted molar refractivity (Wildman–Crippen MR) is 98.1 cm³/mol. The van der Waals surface area contributed by atoms with E-state index in [2.05, 4.69) is 51.1 Å². The van der Waals surface area contributed by atoms with Crippen molar-refractivity contribution in [3.05, 3.63) is 48.3 Å². The van der Waals surface area contributed by atoms with Crippen molar-refractivity contribution in [2.45, 2.75) is 6.92 Å². The van der Waals surface area contributed by atoms with Crippen molar-refractivity contribution in [3.63, 3.8) is 0 Å². The van der Waals surface area contributed by atoms with Crippen molar-refractivity contribution in [1.82, 2.24) is 19.5 Å². The van der Waals surface area contributed by atoms with Crippen molar-refractivity contribution < 1.29 is 4.79 Å². The summed E-state index contributed by atoms with van der Waals surface area (Å²) in [5.41, 5.74) is 4.31. The predicted octanol–water partition coefficient (Wildman–Crippen LogP) is 2.35. The van der Waals surface area contributed by atoms with E-state index in [0.29, 0.717) is 5.69 Å². The third-order valence-corrected chi connectivity index (χ3v) is 4.83. The van der Waals surface area contributed by atoms with Crippen LogP contribution in [0.2, 0.25) is 0 Å². The van der Waals surface area contributed by atoms with Gasteiger partial charge < -0.3 is 9.80 Å². The number of carbonyl (C=O) groups excluding carboxylic acids is 1. The fourth-order valence-corrected chi connectivity index (χ4v) is 3.33. The molecule has 1 aliphatic heterocycles. The summed E-state index contributed by atoms with van der Waals surface area (Å²) in [4.78, 5) is 20.3. The van der Waals surface area contributed by atoms with Crippen molar-refractivity contribution in [1.29, 1.82) is 0 Å². The van der Waals surface area contributed by atoms with Crippen molar-refractivity contribution in [3.8, 4) is 11.3 Å². The van der Waals surface area contributed by atoms with E-state index in [1.165, 1.54) is 5.69 Å². The van der Waals surface area contributed by atoms with Crippen LogP contribution in [0.15, 0.2) is 42.6 Å². The summed E-state index contributed by atoms with van der Waals surface area (Å²) in [6, 6.07) is 12.0. The van der Waals surface area contributed by atoms with E-state index in [-0.39, 0.29) is 0 Å². The van der Waals surface area contributed by atoms with Crippen LogP contribution in [-0.2, 0) is 0 Å². The third kappa shape index (κ3) is 3.00. The van der Waals surface area contributed by atoms with Crippen LogP contribution >= 0.6 is 0 Å². The zero-order chi connectivity index (χ0) is 17.2. The summed E-state index contributed by atoms with van der Waals surface area (Å²) < 4.78 is 1.73. The summed E-state index contributed by atoms with van der Waals surface area (Å²) >= 11 is 0. The molecular weight excluding hydrogens is 314 g/mol. The van der Waals surface area contributed by atoms with Gasteiger partial charge in [-0.1, -0.05) is 19.1 Å². The van der Waals surface area contributed by atoms with Gasteiger partial charge in [0.25, 0.3) is 0 Å². The van der Waals surface area contributed by atoms with E-state index in [9.17, 15) is 4.79 Å². The van der Waals surface area contributed by atoms with Crippen LogP contribution in [0.5, 0.6) is 0 Å². The fourth-order valence-electron chi connectivity index (χ4n) is 3.33. The van der Waals surface area contributed by atoms with Gasteiger partial charge in [0.1, 0.15) is 5.69 Å². The number of carbonyl (C=O) groups is 1. The minimum atomic E-state index is 0.401. The highest BCUT2D eigenvalue weighted by Gasteiger charge is 2.17.